The number of nitrogens with one attached hydrogen (secondary N) is 1. The molecule has 2 aromatic carbocycles. The van der Waals surface area contributed by atoms with Crippen LogP contribution < -0.4 is 10.1 Å². The van der Waals surface area contributed by atoms with Gasteiger partial charge in [-0.05, 0) is 41.5 Å². The van der Waals surface area contributed by atoms with Crippen molar-refractivity contribution in [3.63, 3.8) is 0 Å². The number of hydrogen-bond donors (Lipinski definition) is 1. The number of benzene rings is 2. The number of ether oxygens (including phenoxy) is 1. The standard InChI is InChI=1S/C15H10BrCl2NO2/c16-9-2-3-11(17)10(6-9)15(18)8-1-4-13-12(5-8)19-14(20)7-21-13/h1-6,15H,7H2,(H,19,20). The number of hydrogen-bond acceptors (Lipinski definition) is 2. The van der Waals surface area contributed by atoms with Crippen molar-refractivity contribution >= 4 is 50.7 Å². The Morgan fingerprint density at radius 3 is 2.86 bits per heavy atom. The molecule has 1 heterocycles. The Bertz CT molecular complexity index is 721. The number of carbonyl (C=O) groups excluding carboxylic acids is 1. The highest BCUT2D eigenvalue weighted by Crippen LogP contribution is 2.38. The Kier molecular flexibility index (Phi) is 4.11. The van der Waals surface area contributed by atoms with Crippen molar-refractivity contribution in [3.8, 4) is 5.75 Å². The molecule has 0 saturated heterocycles. The van der Waals surface area contributed by atoms with Gasteiger partial charge in [-0.25, -0.2) is 0 Å². The molecule has 1 unspecified atom stereocenters. The van der Waals surface area contributed by atoms with Crippen LogP contribution in [0.3, 0.4) is 0 Å². The van der Waals surface area contributed by atoms with Gasteiger partial charge in [0.25, 0.3) is 5.91 Å². The number of alkyl halides is 1. The molecule has 2 aromatic rings. The molecule has 0 fully saturated rings. The highest BCUT2D eigenvalue weighted by molar-refractivity contribution is 9.10. The highest BCUT2D eigenvalue weighted by atomic mass is 79.9. The second-order valence-corrected chi connectivity index (χ2v) is 6.38. The highest BCUT2D eigenvalue weighted by Gasteiger charge is 2.20. The van der Waals surface area contributed by atoms with Gasteiger partial charge in [-0.3, -0.25) is 4.79 Å². The van der Waals surface area contributed by atoms with Gasteiger partial charge in [0.05, 0.1) is 11.1 Å². The first-order chi connectivity index (χ1) is 10.0. The van der Waals surface area contributed by atoms with Gasteiger partial charge in [0.2, 0.25) is 0 Å². The maximum absolute atomic E-state index is 11.4. The van der Waals surface area contributed by atoms with Crippen molar-refractivity contribution in [1.82, 2.24) is 0 Å². The van der Waals surface area contributed by atoms with Gasteiger partial charge >= 0.3 is 0 Å². The minimum Gasteiger partial charge on any atom is -0.482 e. The van der Waals surface area contributed by atoms with E-state index in [1.165, 1.54) is 0 Å². The van der Waals surface area contributed by atoms with Gasteiger partial charge in [-0.2, -0.15) is 0 Å². The summed E-state index contributed by atoms with van der Waals surface area (Å²) in [6.07, 6.45) is 0. The lowest BCUT2D eigenvalue weighted by molar-refractivity contribution is -0.118. The monoisotopic (exact) mass is 385 g/mol. The predicted molar refractivity (Wildman–Crippen MR) is 87.4 cm³/mol. The minimum atomic E-state index is -0.417. The lowest BCUT2D eigenvalue weighted by atomic mass is 10.0. The molecule has 0 saturated carbocycles. The molecule has 21 heavy (non-hydrogen) atoms. The van der Waals surface area contributed by atoms with Crippen molar-refractivity contribution < 1.29 is 9.53 Å². The SMILES string of the molecule is O=C1COc2ccc(C(Cl)c3cc(Br)ccc3Cl)cc2N1. The van der Waals surface area contributed by atoms with E-state index >= 15 is 0 Å². The van der Waals surface area contributed by atoms with Gasteiger partial charge in [0.15, 0.2) is 6.61 Å². The van der Waals surface area contributed by atoms with Crippen LogP contribution in [0.25, 0.3) is 0 Å². The summed E-state index contributed by atoms with van der Waals surface area (Å²) in [5.41, 5.74) is 2.26. The van der Waals surface area contributed by atoms with Crippen LogP contribution in [0.4, 0.5) is 5.69 Å². The largest absolute Gasteiger partial charge is 0.482 e. The van der Waals surface area contributed by atoms with E-state index in [-0.39, 0.29) is 12.5 Å². The molecule has 1 aliphatic heterocycles. The van der Waals surface area contributed by atoms with Crippen molar-refractivity contribution in [2.45, 2.75) is 5.38 Å². The van der Waals surface area contributed by atoms with Crippen LogP contribution in [0.15, 0.2) is 40.9 Å². The van der Waals surface area contributed by atoms with Crippen LogP contribution in [0.5, 0.6) is 5.75 Å². The number of carbonyl (C=O) groups is 1. The minimum absolute atomic E-state index is 0.0358. The molecular formula is C15H10BrCl2NO2. The third kappa shape index (κ3) is 3.03. The maximum Gasteiger partial charge on any atom is 0.262 e. The molecule has 0 spiro atoms. The topological polar surface area (TPSA) is 38.3 Å². The van der Waals surface area contributed by atoms with E-state index in [0.29, 0.717) is 16.5 Å². The molecule has 1 atom stereocenters. The summed E-state index contributed by atoms with van der Waals surface area (Å²) in [6, 6.07) is 11.0. The van der Waals surface area contributed by atoms with E-state index in [4.69, 9.17) is 27.9 Å². The maximum atomic E-state index is 11.4. The third-order valence-electron chi connectivity index (χ3n) is 3.16. The Balaban J connectivity index is 1.98. The number of fused-ring (bicyclic) bond motifs is 1. The van der Waals surface area contributed by atoms with Gasteiger partial charge < -0.3 is 10.1 Å². The molecule has 0 aromatic heterocycles. The van der Waals surface area contributed by atoms with Crippen molar-refractivity contribution in [2.24, 2.45) is 0 Å². The summed E-state index contributed by atoms with van der Waals surface area (Å²) in [4.78, 5) is 11.4. The van der Waals surface area contributed by atoms with Crippen molar-refractivity contribution in [1.29, 1.82) is 0 Å². The zero-order chi connectivity index (χ0) is 15.0. The second kappa shape index (κ2) is 5.87. The van der Waals surface area contributed by atoms with Gasteiger partial charge in [0, 0.05) is 9.50 Å². The molecule has 3 nitrogen and oxygen atoms in total. The van der Waals surface area contributed by atoms with E-state index in [9.17, 15) is 4.79 Å². The van der Waals surface area contributed by atoms with Crippen molar-refractivity contribution in [3.05, 3.63) is 57.0 Å². The summed E-state index contributed by atoms with van der Waals surface area (Å²) in [5, 5.41) is 2.94. The van der Waals surface area contributed by atoms with Crippen LogP contribution in [0.2, 0.25) is 5.02 Å². The molecule has 1 aliphatic rings. The fraction of sp³-hybridized carbons (Fsp3) is 0.133. The molecule has 108 valence electrons. The second-order valence-electron chi connectivity index (χ2n) is 4.62. The van der Waals surface area contributed by atoms with Crippen LogP contribution in [-0.4, -0.2) is 12.5 Å². The Labute approximate surface area is 140 Å². The summed E-state index contributed by atoms with van der Waals surface area (Å²) < 4.78 is 6.24. The number of halogens is 3. The molecule has 0 aliphatic carbocycles. The fourth-order valence-corrected chi connectivity index (χ4v) is 3.12. The molecule has 0 bridgehead atoms. The molecule has 1 N–H and O–H groups in total. The average molecular weight is 387 g/mol. The third-order valence-corrected chi connectivity index (χ3v) is 4.48. The molecule has 6 heteroatoms. The fourth-order valence-electron chi connectivity index (χ4n) is 2.15. The van der Waals surface area contributed by atoms with E-state index in [1.54, 1.807) is 18.2 Å². The number of anilines is 1. The van der Waals surface area contributed by atoms with E-state index < -0.39 is 5.38 Å². The lowest BCUT2D eigenvalue weighted by Gasteiger charge is -2.20. The average Bonchev–Trinajstić information content (AvgIpc) is 2.48. The quantitative estimate of drug-likeness (QED) is 0.755. The molecular weight excluding hydrogens is 377 g/mol. The lowest BCUT2D eigenvalue weighted by Crippen LogP contribution is -2.25. The van der Waals surface area contributed by atoms with Crippen LogP contribution >= 0.6 is 39.1 Å². The Hall–Kier alpha value is -1.23. The summed E-state index contributed by atoms with van der Waals surface area (Å²) >= 11 is 16.1. The molecule has 3 rings (SSSR count). The van der Waals surface area contributed by atoms with Crippen LogP contribution in [0.1, 0.15) is 16.5 Å². The first-order valence-electron chi connectivity index (χ1n) is 6.20. The normalized spacial score (nSPS) is 14.9. The van der Waals surface area contributed by atoms with Gasteiger partial charge in [-0.15, -0.1) is 11.6 Å². The first-order valence-corrected chi connectivity index (χ1v) is 7.81. The van der Waals surface area contributed by atoms with Crippen LogP contribution in [-0.2, 0) is 4.79 Å². The zero-order valence-corrected chi connectivity index (χ0v) is 13.8. The molecule has 1 amide bonds. The summed E-state index contributed by atoms with van der Waals surface area (Å²) in [7, 11) is 0. The first kappa shape index (κ1) is 14.7. The van der Waals surface area contributed by atoms with E-state index in [2.05, 4.69) is 21.2 Å². The number of amides is 1. The number of rotatable bonds is 2. The molecule has 0 radical (unpaired) electrons. The van der Waals surface area contributed by atoms with Crippen molar-refractivity contribution in [2.75, 3.05) is 11.9 Å². The summed E-state index contributed by atoms with van der Waals surface area (Å²) in [6.45, 7) is 0.0358. The Morgan fingerprint density at radius 2 is 2.05 bits per heavy atom. The summed E-state index contributed by atoms with van der Waals surface area (Å²) in [5.74, 6) is 0.466. The smallest absolute Gasteiger partial charge is 0.262 e. The van der Waals surface area contributed by atoms with Gasteiger partial charge in [-0.1, -0.05) is 33.6 Å². The van der Waals surface area contributed by atoms with E-state index in [0.717, 1.165) is 15.6 Å². The Morgan fingerprint density at radius 1 is 1.24 bits per heavy atom. The van der Waals surface area contributed by atoms with Gasteiger partial charge in [0.1, 0.15) is 5.75 Å². The van der Waals surface area contributed by atoms with E-state index in [1.807, 2.05) is 18.2 Å². The zero-order valence-electron chi connectivity index (χ0n) is 10.7. The predicted octanol–water partition coefficient (Wildman–Crippen LogP) is 4.76. The van der Waals surface area contributed by atoms with Crippen LogP contribution in [0, 0.1) is 0 Å².